The molecular formula is C13H17NO3S. The van der Waals surface area contributed by atoms with Crippen LogP contribution in [0.4, 0.5) is 0 Å². The molecule has 0 radical (unpaired) electrons. The van der Waals surface area contributed by atoms with Crippen LogP contribution in [-0.2, 0) is 14.8 Å². The zero-order valence-electron chi connectivity index (χ0n) is 10.5. The van der Waals surface area contributed by atoms with Gasteiger partial charge >= 0.3 is 0 Å². The summed E-state index contributed by atoms with van der Waals surface area (Å²) in [5.41, 5.74) is 1.04. The van der Waals surface area contributed by atoms with Gasteiger partial charge in [0.05, 0.1) is 17.3 Å². The fraction of sp³-hybridized carbons (Fsp3) is 0.385. The van der Waals surface area contributed by atoms with Crippen molar-refractivity contribution in [3.05, 3.63) is 42.2 Å². The van der Waals surface area contributed by atoms with Crippen molar-refractivity contribution in [3.63, 3.8) is 0 Å². The summed E-state index contributed by atoms with van der Waals surface area (Å²) in [5, 5.41) is 0. The van der Waals surface area contributed by atoms with Crippen molar-refractivity contribution in [1.29, 1.82) is 0 Å². The van der Waals surface area contributed by atoms with E-state index in [1.165, 1.54) is 0 Å². The van der Waals surface area contributed by atoms with Crippen molar-refractivity contribution in [3.8, 4) is 0 Å². The minimum atomic E-state index is -3.46. The second-order valence-corrected chi connectivity index (χ2v) is 6.27. The normalized spacial score (nSPS) is 23.7. The highest BCUT2D eigenvalue weighted by molar-refractivity contribution is 7.89. The highest BCUT2D eigenvalue weighted by Crippen LogP contribution is 2.15. The van der Waals surface area contributed by atoms with Crippen molar-refractivity contribution in [2.75, 3.05) is 0 Å². The first-order valence-electron chi connectivity index (χ1n) is 5.88. The van der Waals surface area contributed by atoms with Crippen LogP contribution in [0.2, 0.25) is 0 Å². The summed E-state index contributed by atoms with van der Waals surface area (Å²) in [4.78, 5) is 0.292. The monoisotopic (exact) mass is 267 g/mol. The number of hydrogen-bond acceptors (Lipinski definition) is 3. The smallest absolute Gasteiger partial charge is 0.241 e. The molecule has 2 rings (SSSR count). The molecule has 2 atom stereocenters. The van der Waals surface area contributed by atoms with E-state index in [2.05, 4.69) is 4.72 Å². The first kappa shape index (κ1) is 13.1. The second-order valence-electron chi connectivity index (χ2n) is 4.55. The lowest BCUT2D eigenvalue weighted by atomic mass is 10.1. The molecule has 1 N–H and O–H groups in total. The average Bonchev–Trinajstić information content (AvgIpc) is 2.29. The van der Waals surface area contributed by atoms with E-state index in [-0.39, 0.29) is 12.1 Å². The Morgan fingerprint density at radius 2 is 1.94 bits per heavy atom. The van der Waals surface area contributed by atoms with Crippen molar-refractivity contribution < 1.29 is 13.2 Å². The van der Waals surface area contributed by atoms with Gasteiger partial charge in [-0.3, -0.25) is 0 Å². The third-order valence-corrected chi connectivity index (χ3v) is 4.35. The summed E-state index contributed by atoms with van der Waals surface area (Å²) in [6, 6.07) is 6.60. The van der Waals surface area contributed by atoms with Crippen LogP contribution in [0.3, 0.4) is 0 Å². The van der Waals surface area contributed by atoms with E-state index < -0.39 is 10.0 Å². The topological polar surface area (TPSA) is 55.4 Å². The van der Waals surface area contributed by atoms with Gasteiger partial charge in [-0.25, -0.2) is 13.1 Å². The first-order valence-corrected chi connectivity index (χ1v) is 7.37. The molecule has 0 bridgehead atoms. The van der Waals surface area contributed by atoms with Gasteiger partial charge < -0.3 is 4.74 Å². The molecule has 1 aliphatic heterocycles. The van der Waals surface area contributed by atoms with Gasteiger partial charge in [0.15, 0.2) is 0 Å². The molecule has 0 aliphatic carbocycles. The van der Waals surface area contributed by atoms with Gasteiger partial charge in [-0.15, -0.1) is 0 Å². The Balaban J connectivity index is 2.14. The van der Waals surface area contributed by atoms with Gasteiger partial charge in [0, 0.05) is 12.5 Å². The quantitative estimate of drug-likeness (QED) is 0.911. The van der Waals surface area contributed by atoms with E-state index in [0.717, 1.165) is 5.56 Å². The van der Waals surface area contributed by atoms with E-state index in [0.29, 0.717) is 11.3 Å². The number of sulfonamides is 1. The Bertz CT molecular complexity index is 534. The number of rotatable bonds is 3. The minimum absolute atomic E-state index is 0.0284. The molecule has 1 aromatic carbocycles. The van der Waals surface area contributed by atoms with Crippen LogP contribution in [0.25, 0.3) is 0 Å². The number of hydrogen-bond donors (Lipinski definition) is 1. The number of aryl methyl sites for hydroxylation is 1. The highest BCUT2D eigenvalue weighted by atomic mass is 32.2. The predicted molar refractivity (Wildman–Crippen MR) is 69.6 cm³/mol. The average molecular weight is 267 g/mol. The highest BCUT2D eigenvalue weighted by Gasteiger charge is 2.22. The summed E-state index contributed by atoms with van der Waals surface area (Å²) in [6.45, 7) is 3.84. The van der Waals surface area contributed by atoms with E-state index in [1.807, 2.05) is 13.8 Å². The molecule has 5 heteroatoms. The molecular weight excluding hydrogens is 250 g/mol. The Hall–Kier alpha value is -1.33. The summed E-state index contributed by atoms with van der Waals surface area (Å²) < 4.78 is 32.2. The van der Waals surface area contributed by atoms with Crippen LogP contribution in [0.1, 0.15) is 18.9 Å². The summed E-state index contributed by atoms with van der Waals surface area (Å²) in [5.74, 6) is 0. The number of benzene rings is 1. The lowest BCUT2D eigenvalue weighted by Gasteiger charge is -2.23. The first-order chi connectivity index (χ1) is 8.47. The largest absolute Gasteiger partial charge is 0.499 e. The second kappa shape index (κ2) is 5.12. The Kier molecular flexibility index (Phi) is 3.73. The number of nitrogens with one attached hydrogen (secondary N) is 1. The van der Waals surface area contributed by atoms with E-state index in [9.17, 15) is 8.42 Å². The fourth-order valence-corrected chi connectivity index (χ4v) is 3.04. The summed E-state index contributed by atoms with van der Waals surface area (Å²) in [6.07, 6.45) is 3.95. The third-order valence-electron chi connectivity index (χ3n) is 2.85. The maximum absolute atomic E-state index is 12.1. The third kappa shape index (κ3) is 3.11. The van der Waals surface area contributed by atoms with Gasteiger partial charge in [0.2, 0.25) is 10.0 Å². The molecule has 0 spiro atoms. The molecule has 18 heavy (non-hydrogen) atoms. The maximum Gasteiger partial charge on any atom is 0.241 e. The zero-order chi connectivity index (χ0) is 13.2. The van der Waals surface area contributed by atoms with E-state index >= 15 is 0 Å². The van der Waals surface area contributed by atoms with Gasteiger partial charge in [0.25, 0.3) is 0 Å². The van der Waals surface area contributed by atoms with Gasteiger partial charge in [-0.2, -0.15) is 0 Å². The molecule has 0 amide bonds. The van der Waals surface area contributed by atoms with Crippen LogP contribution in [0.15, 0.2) is 41.5 Å². The van der Waals surface area contributed by atoms with Gasteiger partial charge in [-0.05, 0) is 32.1 Å². The summed E-state index contributed by atoms with van der Waals surface area (Å²) in [7, 11) is -3.46. The Morgan fingerprint density at radius 3 is 2.56 bits per heavy atom. The zero-order valence-corrected chi connectivity index (χ0v) is 11.3. The summed E-state index contributed by atoms with van der Waals surface area (Å²) >= 11 is 0. The van der Waals surface area contributed by atoms with Crippen LogP contribution >= 0.6 is 0 Å². The van der Waals surface area contributed by atoms with E-state index in [4.69, 9.17) is 4.74 Å². The van der Waals surface area contributed by atoms with Crippen molar-refractivity contribution in [2.45, 2.75) is 37.3 Å². The molecule has 4 nitrogen and oxygen atoms in total. The molecule has 0 unspecified atom stereocenters. The van der Waals surface area contributed by atoms with E-state index in [1.54, 1.807) is 36.6 Å². The van der Waals surface area contributed by atoms with Crippen LogP contribution in [0, 0.1) is 6.92 Å². The maximum atomic E-state index is 12.1. The molecule has 0 saturated heterocycles. The molecule has 0 fully saturated rings. The fourth-order valence-electron chi connectivity index (χ4n) is 1.84. The lowest BCUT2D eigenvalue weighted by Crippen LogP contribution is -2.37. The predicted octanol–water partition coefficient (Wildman–Crippen LogP) is 1.96. The molecule has 1 aromatic rings. The molecule has 1 heterocycles. The Morgan fingerprint density at radius 1 is 1.28 bits per heavy atom. The lowest BCUT2D eigenvalue weighted by molar-refractivity contribution is 0.132. The van der Waals surface area contributed by atoms with Crippen LogP contribution < -0.4 is 4.72 Å². The molecule has 1 aliphatic rings. The van der Waals surface area contributed by atoms with Gasteiger partial charge in [-0.1, -0.05) is 17.7 Å². The minimum Gasteiger partial charge on any atom is -0.499 e. The van der Waals surface area contributed by atoms with Crippen molar-refractivity contribution in [1.82, 2.24) is 4.72 Å². The SMILES string of the molecule is Cc1ccc(S(=O)(=O)N[C@@H]2C=CO[C@H](C)C2)cc1. The van der Waals surface area contributed by atoms with Crippen molar-refractivity contribution in [2.24, 2.45) is 0 Å². The molecule has 98 valence electrons. The standard InChI is InChI=1S/C13H17NO3S/c1-10-3-5-13(6-4-10)18(15,16)14-12-7-8-17-11(2)9-12/h3-8,11-12,14H,9H2,1-2H3/t11-,12-/m1/s1. The van der Waals surface area contributed by atoms with Crippen molar-refractivity contribution >= 4 is 10.0 Å². The molecule has 0 aromatic heterocycles. The van der Waals surface area contributed by atoms with Crippen LogP contribution in [-0.4, -0.2) is 20.6 Å². The Labute approximate surface area is 108 Å². The van der Waals surface area contributed by atoms with Crippen LogP contribution in [0.5, 0.6) is 0 Å². The number of ether oxygens (including phenoxy) is 1. The van der Waals surface area contributed by atoms with Gasteiger partial charge in [0.1, 0.15) is 0 Å². The molecule has 0 saturated carbocycles.